The van der Waals surface area contributed by atoms with Gasteiger partial charge in [0.15, 0.2) is 0 Å². The van der Waals surface area contributed by atoms with Gasteiger partial charge in [-0.15, -0.1) is 0 Å². The smallest absolute Gasteiger partial charge is 0.312 e. The fraction of sp³-hybridized carbons (Fsp3) is 0.923. The van der Waals surface area contributed by atoms with Gasteiger partial charge in [0.2, 0.25) is 0 Å². The van der Waals surface area contributed by atoms with Crippen LogP contribution in [0.5, 0.6) is 0 Å². The van der Waals surface area contributed by atoms with Gasteiger partial charge in [0.25, 0.3) is 0 Å². The van der Waals surface area contributed by atoms with Crippen LogP contribution in [0.25, 0.3) is 0 Å². The predicted molar refractivity (Wildman–Crippen MR) is 68.8 cm³/mol. The van der Waals surface area contributed by atoms with E-state index in [-0.39, 0.29) is 12.6 Å². The lowest BCUT2D eigenvalue weighted by molar-refractivity contribution is -0.152. The zero-order valence-corrected chi connectivity index (χ0v) is 11.8. The fourth-order valence-electron chi connectivity index (χ4n) is 2.17. The lowest BCUT2D eigenvalue weighted by atomic mass is 9.91. The molecule has 0 saturated heterocycles. The van der Waals surface area contributed by atoms with Gasteiger partial charge in [0.1, 0.15) is 0 Å². The molecule has 0 spiro atoms. The van der Waals surface area contributed by atoms with Crippen molar-refractivity contribution in [3.05, 3.63) is 0 Å². The summed E-state index contributed by atoms with van der Waals surface area (Å²) in [5, 5.41) is 9.11. The molecule has 0 aromatic rings. The van der Waals surface area contributed by atoms with Gasteiger partial charge in [0.05, 0.1) is 19.1 Å². The number of carbonyl (C=O) groups is 1. The topological polar surface area (TPSA) is 49.8 Å². The number of aliphatic hydroxyl groups is 1. The minimum Gasteiger partial charge on any atom is -0.469 e. The second kappa shape index (κ2) is 7.67. The Hall–Kier alpha value is -0.610. The largest absolute Gasteiger partial charge is 0.469 e. The first-order valence-corrected chi connectivity index (χ1v) is 6.36. The van der Waals surface area contributed by atoms with Crippen molar-refractivity contribution in [2.24, 2.45) is 5.41 Å². The molecule has 0 unspecified atom stereocenters. The van der Waals surface area contributed by atoms with Gasteiger partial charge in [-0.1, -0.05) is 13.8 Å². The highest BCUT2D eigenvalue weighted by Gasteiger charge is 2.32. The first kappa shape index (κ1) is 16.4. The molecule has 0 heterocycles. The number of hydrogen-bond acceptors (Lipinski definition) is 4. The van der Waals surface area contributed by atoms with E-state index in [0.717, 1.165) is 12.8 Å². The Bertz CT molecular complexity index is 225. The minimum atomic E-state index is -0.535. The summed E-state index contributed by atoms with van der Waals surface area (Å²) in [4.78, 5) is 13.8. The van der Waals surface area contributed by atoms with Gasteiger partial charge in [-0.3, -0.25) is 9.69 Å². The maximum absolute atomic E-state index is 11.7. The summed E-state index contributed by atoms with van der Waals surface area (Å²) >= 11 is 0. The normalized spacial score (nSPS) is 12.2. The van der Waals surface area contributed by atoms with Crippen LogP contribution in [-0.4, -0.2) is 48.8 Å². The van der Waals surface area contributed by atoms with E-state index in [0.29, 0.717) is 19.1 Å². The Morgan fingerprint density at radius 3 is 2.24 bits per heavy atom. The number of aliphatic hydroxyl groups excluding tert-OH is 1. The van der Waals surface area contributed by atoms with Crippen LogP contribution in [-0.2, 0) is 9.53 Å². The fourth-order valence-corrected chi connectivity index (χ4v) is 2.17. The van der Waals surface area contributed by atoms with Crippen LogP contribution < -0.4 is 0 Å². The maximum Gasteiger partial charge on any atom is 0.312 e. The van der Waals surface area contributed by atoms with Crippen molar-refractivity contribution in [1.29, 1.82) is 0 Å². The number of methoxy groups -OCH3 is 1. The lowest BCUT2D eigenvalue weighted by Gasteiger charge is -2.35. The summed E-state index contributed by atoms with van der Waals surface area (Å²) in [5.74, 6) is -0.202. The van der Waals surface area contributed by atoms with Crippen molar-refractivity contribution in [2.75, 3.05) is 26.8 Å². The summed E-state index contributed by atoms with van der Waals surface area (Å²) in [6.07, 6.45) is 2.04. The summed E-state index contributed by atoms with van der Waals surface area (Å²) < 4.78 is 4.81. The second-order valence-electron chi connectivity index (χ2n) is 5.04. The van der Waals surface area contributed by atoms with Crippen LogP contribution in [0.1, 0.15) is 40.5 Å². The highest BCUT2D eigenvalue weighted by atomic mass is 16.5. The Kier molecular flexibility index (Phi) is 7.39. The second-order valence-corrected chi connectivity index (χ2v) is 5.04. The Morgan fingerprint density at radius 1 is 1.35 bits per heavy atom. The molecule has 0 aliphatic carbocycles. The van der Waals surface area contributed by atoms with Gasteiger partial charge in [-0.25, -0.2) is 0 Å². The monoisotopic (exact) mass is 245 g/mol. The van der Waals surface area contributed by atoms with Crippen molar-refractivity contribution < 1.29 is 14.6 Å². The Labute approximate surface area is 105 Å². The molecule has 0 bridgehead atoms. The van der Waals surface area contributed by atoms with Crippen molar-refractivity contribution in [3.8, 4) is 0 Å². The average Bonchev–Trinajstić information content (AvgIpc) is 2.29. The molecule has 102 valence electrons. The molecule has 0 aromatic heterocycles. The predicted octanol–water partition coefficient (Wildman–Crippen LogP) is 1.67. The van der Waals surface area contributed by atoms with Crippen molar-refractivity contribution in [2.45, 2.75) is 46.6 Å². The minimum absolute atomic E-state index is 0.119. The zero-order valence-electron chi connectivity index (χ0n) is 11.8. The number of ether oxygens (including phenoxy) is 1. The molecule has 0 amide bonds. The molecule has 0 radical (unpaired) electrons. The van der Waals surface area contributed by atoms with Crippen LogP contribution >= 0.6 is 0 Å². The van der Waals surface area contributed by atoms with Crippen molar-refractivity contribution in [1.82, 2.24) is 4.90 Å². The van der Waals surface area contributed by atoms with Gasteiger partial charge >= 0.3 is 5.97 Å². The average molecular weight is 245 g/mol. The molecule has 1 N–H and O–H groups in total. The Balaban J connectivity index is 4.67. The van der Waals surface area contributed by atoms with Gasteiger partial charge in [0, 0.05) is 19.1 Å². The third kappa shape index (κ3) is 5.04. The number of nitrogens with zero attached hydrogens (tertiary/aromatic N) is 1. The van der Waals surface area contributed by atoms with E-state index in [1.165, 1.54) is 7.11 Å². The highest BCUT2D eigenvalue weighted by Crippen LogP contribution is 2.21. The highest BCUT2D eigenvalue weighted by molar-refractivity contribution is 5.76. The SMILES string of the molecule is CCC(CC)N(CCO)CC(C)(C)C(=O)OC. The number of carbonyl (C=O) groups excluding carboxylic acids is 1. The van der Waals surface area contributed by atoms with Crippen LogP contribution in [0.3, 0.4) is 0 Å². The molecule has 0 aromatic carbocycles. The quantitative estimate of drug-likeness (QED) is 0.661. The van der Waals surface area contributed by atoms with E-state index in [1.807, 2.05) is 13.8 Å². The first-order valence-electron chi connectivity index (χ1n) is 6.36. The zero-order chi connectivity index (χ0) is 13.5. The molecule has 0 aliphatic rings. The molecule has 4 nitrogen and oxygen atoms in total. The van der Waals surface area contributed by atoms with Gasteiger partial charge in [-0.2, -0.15) is 0 Å². The summed E-state index contributed by atoms with van der Waals surface area (Å²) in [6.45, 7) is 9.36. The lowest BCUT2D eigenvalue weighted by Crippen LogP contribution is -2.45. The van der Waals surface area contributed by atoms with E-state index < -0.39 is 5.41 Å². The summed E-state index contributed by atoms with van der Waals surface area (Å²) in [6, 6.07) is 0.408. The third-order valence-corrected chi connectivity index (χ3v) is 3.18. The molecule has 0 aliphatic heterocycles. The van der Waals surface area contributed by atoms with Crippen LogP contribution in [0.2, 0.25) is 0 Å². The van der Waals surface area contributed by atoms with Crippen LogP contribution in [0.4, 0.5) is 0 Å². The number of hydrogen-bond donors (Lipinski definition) is 1. The molecule has 4 heteroatoms. The first-order chi connectivity index (χ1) is 7.92. The molecule has 0 rings (SSSR count). The van der Waals surface area contributed by atoms with Gasteiger partial charge in [-0.05, 0) is 26.7 Å². The maximum atomic E-state index is 11.7. The summed E-state index contributed by atoms with van der Waals surface area (Å²) in [7, 11) is 1.41. The standard InChI is InChI=1S/C13H27NO3/c1-6-11(7-2)14(8-9-15)10-13(3,4)12(16)17-5/h11,15H,6-10H2,1-5H3. The van der Waals surface area contributed by atoms with Crippen molar-refractivity contribution >= 4 is 5.97 Å². The van der Waals surface area contributed by atoms with E-state index in [4.69, 9.17) is 9.84 Å². The van der Waals surface area contributed by atoms with E-state index in [2.05, 4.69) is 18.7 Å². The number of esters is 1. The molecular weight excluding hydrogens is 218 g/mol. The molecular formula is C13H27NO3. The summed E-state index contributed by atoms with van der Waals surface area (Å²) in [5.41, 5.74) is -0.535. The van der Waals surface area contributed by atoms with Crippen LogP contribution in [0.15, 0.2) is 0 Å². The molecule has 0 fully saturated rings. The van der Waals surface area contributed by atoms with Gasteiger partial charge < -0.3 is 9.84 Å². The van der Waals surface area contributed by atoms with Crippen molar-refractivity contribution in [3.63, 3.8) is 0 Å². The Morgan fingerprint density at radius 2 is 1.88 bits per heavy atom. The molecule has 0 saturated carbocycles. The van der Waals surface area contributed by atoms with E-state index in [1.54, 1.807) is 0 Å². The van der Waals surface area contributed by atoms with E-state index >= 15 is 0 Å². The number of rotatable bonds is 8. The third-order valence-electron chi connectivity index (χ3n) is 3.18. The van der Waals surface area contributed by atoms with Crippen LogP contribution in [0, 0.1) is 5.41 Å². The molecule has 17 heavy (non-hydrogen) atoms. The van der Waals surface area contributed by atoms with E-state index in [9.17, 15) is 4.79 Å². The molecule has 0 atom stereocenters.